The molecule has 16 heteroatoms. The fourth-order valence-corrected chi connectivity index (χ4v) is 4.31. The van der Waals surface area contributed by atoms with Gasteiger partial charge in [-0.1, -0.05) is 105 Å². The molecule has 0 aliphatic rings. The van der Waals surface area contributed by atoms with Crippen LogP contribution in [0.5, 0.6) is 0 Å². The number of carbonyl (C=O) groups is 1. The molecule has 1 atom stereocenters. The molecule has 0 spiro atoms. The normalized spacial score (nSPS) is 11.0. The summed E-state index contributed by atoms with van der Waals surface area (Å²) < 4.78 is 0. The van der Waals surface area contributed by atoms with E-state index in [1.165, 1.54) is 24.8 Å². The van der Waals surface area contributed by atoms with Gasteiger partial charge in [0.1, 0.15) is 38.1 Å². The Morgan fingerprint density at radius 1 is 0.595 bits per heavy atom. The van der Waals surface area contributed by atoms with Crippen molar-refractivity contribution in [3.63, 3.8) is 0 Å². The molecule has 0 saturated carbocycles. The number of ketones is 1. The zero-order valence-electron chi connectivity index (χ0n) is 20.6. The predicted molar refractivity (Wildman–Crippen MR) is 167 cm³/mol. The van der Waals surface area contributed by atoms with Crippen LogP contribution in [0.4, 0.5) is 0 Å². The second-order valence-corrected chi connectivity index (χ2v) is 10.8. The summed E-state index contributed by atoms with van der Waals surface area (Å²) in [6, 6.07) is 13.2. The summed E-state index contributed by atoms with van der Waals surface area (Å²) in [4.78, 5) is 34.7. The number of benzene rings is 2. The summed E-state index contributed by atoms with van der Waals surface area (Å²) in [5.41, 5.74) is 1.40. The largest absolute Gasteiger partial charge is 0.382 e. The molecule has 0 aliphatic carbocycles. The van der Waals surface area contributed by atoms with E-state index in [0.29, 0.717) is 31.5 Å². The summed E-state index contributed by atoms with van der Waals surface area (Å²) in [6.07, 6.45) is 4.50. The van der Waals surface area contributed by atoms with Gasteiger partial charge in [0.05, 0.1) is 24.8 Å². The third-order valence-corrected chi connectivity index (χ3v) is 6.54. The van der Waals surface area contributed by atoms with Crippen LogP contribution in [0.25, 0.3) is 0 Å². The van der Waals surface area contributed by atoms with Crippen LogP contribution in [-0.4, -0.2) is 40.8 Å². The highest BCUT2D eigenvalue weighted by atomic mass is 35.5. The Morgan fingerprint density at radius 3 is 1.55 bits per heavy atom. The fourth-order valence-electron chi connectivity index (χ4n) is 2.90. The molecule has 0 aliphatic heterocycles. The lowest BCUT2D eigenvalue weighted by Crippen LogP contribution is -2.06. The molecule has 0 fully saturated rings. The molecule has 216 valence electrons. The molecule has 3 heterocycles. The van der Waals surface area contributed by atoms with Crippen molar-refractivity contribution < 1.29 is 9.90 Å². The lowest BCUT2D eigenvalue weighted by atomic mass is 10.1. The van der Waals surface area contributed by atoms with Gasteiger partial charge in [-0.15, -0.1) is 0 Å². The van der Waals surface area contributed by atoms with E-state index in [1.807, 2.05) is 0 Å². The van der Waals surface area contributed by atoms with Gasteiger partial charge in [-0.3, -0.25) is 14.8 Å². The zero-order valence-corrected chi connectivity index (χ0v) is 26.6. The maximum Gasteiger partial charge on any atom is 0.214 e. The van der Waals surface area contributed by atoms with E-state index >= 15 is 0 Å². The number of halogens is 8. The second-order valence-electron chi connectivity index (χ2n) is 7.66. The van der Waals surface area contributed by atoms with Gasteiger partial charge in [0.2, 0.25) is 5.78 Å². The van der Waals surface area contributed by atoms with Gasteiger partial charge in [-0.05, 0) is 42.0 Å². The van der Waals surface area contributed by atoms with Crippen LogP contribution in [0.2, 0.25) is 41.0 Å². The Kier molecular flexibility index (Phi) is 13.4. The highest BCUT2D eigenvalue weighted by Crippen LogP contribution is 2.27. The highest BCUT2D eigenvalue weighted by molar-refractivity contribution is 6.35. The molecule has 5 aromatic rings. The van der Waals surface area contributed by atoms with E-state index in [0.717, 1.165) is 0 Å². The molecule has 42 heavy (non-hydrogen) atoms. The number of hydrogen-bond acceptors (Lipinski definition) is 8. The fraction of sp³-hybridized carbons (Fsp3) is 0.0385. The van der Waals surface area contributed by atoms with Crippen LogP contribution < -0.4 is 0 Å². The van der Waals surface area contributed by atoms with Crippen LogP contribution in [-0.2, 0) is 0 Å². The first kappa shape index (κ1) is 34.1. The lowest BCUT2D eigenvalue weighted by Gasteiger charge is -2.11. The van der Waals surface area contributed by atoms with Gasteiger partial charge in [-0.25, -0.2) is 19.9 Å². The Balaban J connectivity index is 0.000000184. The third-order valence-electron chi connectivity index (χ3n) is 4.77. The van der Waals surface area contributed by atoms with Crippen LogP contribution in [0.3, 0.4) is 0 Å². The monoisotopic (exact) mass is 722 g/mol. The van der Waals surface area contributed by atoms with Gasteiger partial charge < -0.3 is 5.11 Å². The minimum atomic E-state index is -0.954. The molecule has 8 nitrogen and oxygen atoms in total. The van der Waals surface area contributed by atoms with Crippen molar-refractivity contribution in [2.75, 3.05) is 0 Å². The second kappa shape index (κ2) is 16.5. The van der Waals surface area contributed by atoms with Crippen molar-refractivity contribution in [3.05, 3.63) is 137 Å². The molecule has 0 bridgehead atoms. The SMILES string of the molecule is Clc1cncc(Cl)n1.O=C(c1ccc(Cl)cc1)c1ncc(Cl)nc1Cl.OC(c1ccc(Cl)cc1)c1ncc(Cl)nc1Cl. The van der Waals surface area contributed by atoms with Crippen molar-refractivity contribution in [3.8, 4) is 0 Å². The van der Waals surface area contributed by atoms with Gasteiger partial charge in [0.25, 0.3) is 0 Å². The van der Waals surface area contributed by atoms with E-state index in [9.17, 15) is 9.90 Å². The number of aromatic nitrogens is 6. The molecule has 0 amide bonds. The molecule has 0 radical (unpaired) electrons. The first-order chi connectivity index (χ1) is 19.9. The maximum atomic E-state index is 12.0. The quantitative estimate of drug-likeness (QED) is 0.183. The van der Waals surface area contributed by atoms with Crippen molar-refractivity contribution >= 4 is 98.6 Å². The van der Waals surface area contributed by atoms with Crippen LogP contribution in [0, 0.1) is 0 Å². The van der Waals surface area contributed by atoms with E-state index in [4.69, 9.17) is 92.8 Å². The van der Waals surface area contributed by atoms with Gasteiger partial charge >= 0.3 is 0 Å². The smallest absolute Gasteiger partial charge is 0.214 e. The summed E-state index contributed by atoms with van der Waals surface area (Å²) >= 11 is 45.2. The summed E-state index contributed by atoms with van der Waals surface area (Å²) in [5.74, 6) is -0.323. The molecular formula is C26H14Cl8N6O2. The maximum absolute atomic E-state index is 12.0. The minimum Gasteiger partial charge on any atom is -0.382 e. The molecule has 1 N–H and O–H groups in total. The van der Waals surface area contributed by atoms with Crippen LogP contribution in [0.1, 0.15) is 33.4 Å². The summed E-state index contributed by atoms with van der Waals surface area (Å²) in [7, 11) is 0. The van der Waals surface area contributed by atoms with E-state index < -0.39 is 6.10 Å². The van der Waals surface area contributed by atoms with Crippen molar-refractivity contribution in [2.45, 2.75) is 6.10 Å². The minimum absolute atomic E-state index is 0.0162. The number of rotatable bonds is 4. The Bertz CT molecular complexity index is 1640. The van der Waals surface area contributed by atoms with Crippen LogP contribution >= 0.6 is 92.8 Å². The molecule has 1 unspecified atom stereocenters. The van der Waals surface area contributed by atoms with E-state index in [2.05, 4.69) is 29.9 Å². The van der Waals surface area contributed by atoms with Gasteiger partial charge in [-0.2, -0.15) is 0 Å². The Hall–Kier alpha value is -2.37. The van der Waals surface area contributed by atoms with Gasteiger partial charge in [0, 0.05) is 15.6 Å². The molecule has 5 rings (SSSR count). The number of nitrogens with zero attached hydrogens (tertiary/aromatic N) is 6. The van der Waals surface area contributed by atoms with Gasteiger partial charge in [0.15, 0.2) is 10.3 Å². The highest BCUT2D eigenvalue weighted by Gasteiger charge is 2.17. The number of aliphatic hydroxyl groups excluding tert-OH is 1. The summed E-state index contributed by atoms with van der Waals surface area (Å²) in [6.45, 7) is 0. The van der Waals surface area contributed by atoms with E-state index in [-0.39, 0.29) is 37.8 Å². The number of hydrogen-bond donors (Lipinski definition) is 1. The standard InChI is InChI=1S/C11H7Cl3N2O.C11H5Cl3N2O.C4H2Cl2N2/c2*12-7-3-1-6(2-4-7)10(17)9-11(14)16-8(13)5-15-9;5-3-1-7-2-4(6)8-3/h1-5,10,17H;1-5H;1-2H. The molecular weight excluding hydrogens is 712 g/mol. The number of aliphatic hydroxyl groups is 1. The molecule has 3 aromatic heterocycles. The average Bonchev–Trinajstić information content (AvgIpc) is 2.94. The first-order valence-corrected chi connectivity index (χ1v) is 14.2. The van der Waals surface area contributed by atoms with Crippen molar-refractivity contribution in [2.24, 2.45) is 0 Å². The predicted octanol–water partition coefficient (Wildman–Crippen LogP) is 8.97. The number of carbonyl (C=O) groups excluding carboxylic acids is 1. The molecule has 2 aromatic carbocycles. The first-order valence-electron chi connectivity index (χ1n) is 11.2. The third kappa shape index (κ3) is 10.4. The Morgan fingerprint density at radius 2 is 1.07 bits per heavy atom. The van der Waals surface area contributed by atoms with Crippen molar-refractivity contribution in [1.29, 1.82) is 0 Å². The summed E-state index contributed by atoms with van der Waals surface area (Å²) in [5, 5.41) is 12.2. The van der Waals surface area contributed by atoms with E-state index in [1.54, 1.807) is 48.5 Å². The topological polar surface area (TPSA) is 115 Å². The van der Waals surface area contributed by atoms with Crippen molar-refractivity contribution in [1.82, 2.24) is 29.9 Å². The zero-order chi connectivity index (χ0) is 30.8. The Labute approximate surface area is 279 Å². The lowest BCUT2D eigenvalue weighted by molar-refractivity contribution is 0.103. The average molecular weight is 726 g/mol. The molecule has 0 saturated heterocycles. The van der Waals surface area contributed by atoms with Crippen LogP contribution in [0.15, 0.2) is 73.3 Å².